The second kappa shape index (κ2) is 9.33. The minimum absolute atomic E-state index is 0.0826. The number of nitrogens with zero attached hydrogens (tertiary/aromatic N) is 1. The molecule has 0 fully saturated rings. The summed E-state index contributed by atoms with van der Waals surface area (Å²) >= 11 is 3.47. The number of rotatable bonds is 6. The smallest absolute Gasteiger partial charge is 0.262 e. The molecule has 0 radical (unpaired) electrons. The summed E-state index contributed by atoms with van der Waals surface area (Å²) < 4.78 is 6.66. The van der Waals surface area contributed by atoms with Gasteiger partial charge < -0.3 is 10.1 Å². The molecule has 0 aliphatic rings. The fourth-order valence-corrected chi connectivity index (χ4v) is 3.04. The van der Waals surface area contributed by atoms with Crippen molar-refractivity contribution in [1.82, 2.24) is 0 Å². The van der Waals surface area contributed by atoms with Crippen molar-refractivity contribution in [2.24, 2.45) is 4.99 Å². The Bertz CT molecular complexity index is 1010. The average molecular weight is 437 g/mol. The lowest BCUT2D eigenvalue weighted by Gasteiger charge is -2.10. The molecule has 28 heavy (non-hydrogen) atoms. The zero-order valence-electron chi connectivity index (χ0n) is 15.8. The van der Waals surface area contributed by atoms with Gasteiger partial charge in [0.25, 0.3) is 5.91 Å². The van der Waals surface area contributed by atoms with Crippen molar-refractivity contribution in [1.29, 1.82) is 0 Å². The maximum absolute atomic E-state index is 12.2. The van der Waals surface area contributed by atoms with Crippen molar-refractivity contribution in [2.75, 3.05) is 11.9 Å². The molecule has 0 spiro atoms. The number of aliphatic imine (C=N–C) groups is 1. The van der Waals surface area contributed by atoms with E-state index < -0.39 is 0 Å². The number of ether oxygens (including phenoxy) is 1. The van der Waals surface area contributed by atoms with Gasteiger partial charge in [-0.05, 0) is 61.4 Å². The van der Waals surface area contributed by atoms with Gasteiger partial charge in [0, 0.05) is 21.9 Å². The third-order valence-electron chi connectivity index (χ3n) is 4.09. The van der Waals surface area contributed by atoms with E-state index in [1.54, 1.807) is 6.21 Å². The van der Waals surface area contributed by atoms with Crippen molar-refractivity contribution in [3.05, 3.63) is 87.9 Å². The predicted octanol–water partition coefficient (Wildman–Crippen LogP) is 5.83. The van der Waals surface area contributed by atoms with Gasteiger partial charge in [0.2, 0.25) is 0 Å². The first-order valence-electron chi connectivity index (χ1n) is 8.90. The van der Waals surface area contributed by atoms with Crippen molar-refractivity contribution in [3.63, 3.8) is 0 Å². The third-order valence-corrected chi connectivity index (χ3v) is 4.58. The first-order valence-corrected chi connectivity index (χ1v) is 9.69. The molecule has 0 unspecified atom stereocenters. The number of nitrogens with one attached hydrogen (secondary N) is 1. The van der Waals surface area contributed by atoms with Crippen molar-refractivity contribution in [3.8, 4) is 5.75 Å². The van der Waals surface area contributed by atoms with E-state index in [4.69, 9.17) is 4.74 Å². The molecule has 1 amide bonds. The van der Waals surface area contributed by atoms with Crippen LogP contribution in [0.5, 0.6) is 5.75 Å². The van der Waals surface area contributed by atoms with Crippen LogP contribution in [0.3, 0.4) is 0 Å². The quantitative estimate of drug-likeness (QED) is 0.493. The number of hydrogen-bond acceptors (Lipinski definition) is 3. The Labute approximate surface area is 173 Å². The molecule has 3 rings (SSSR count). The lowest BCUT2D eigenvalue weighted by atomic mass is 10.2. The number of para-hydroxylation sites is 1. The van der Waals surface area contributed by atoms with E-state index in [0.717, 1.165) is 32.5 Å². The number of hydrogen-bond donors (Lipinski definition) is 1. The molecule has 4 nitrogen and oxygen atoms in total. The van der Waals surface area contributed by atoms with Gasteiger partial charge in [0.15, 0.2) is 6.61 Å². The molecule has 1 N–H and O–H groups in total. The summed E-state index contributed by atoms with van der Waals surface area (Å²) in [6.07, 6.45) is 1.75. The molecule has 142 valence electrons. The second-order valence-corrected chi connectivity index (χ2v) is 7.35. The highest BCUT2D eigenvalue weighted by atomic mass is 79.9. The molecule has 0 bridgehead atoms. The summed E-state index contributed by atoms with van der Waals surface area (Å²) in [5, 5.41) is 2.84. The molecular weight excluding hydrogens is 416 g/mol. The third kappa shape index (κ3) is 5.54. The molecule has 3 aromatic rings. The molecule has 3 aromatic carbocycles. The second-order valence-electron chi connectivity index (χ2n) is 6.43. The Kier molecular flexibility index (Phi) is 6.61. The Balaban J connectivity index is 1.70. The van der Waals surface area contributed by atoms with Crippen LogP contribution < -0.4 is 10.1 Å². The van der Waals surface area contributed by atoms with Crippen LogP contribution in [0.15, 0.2) is 76.2 Å². The predicted molar refractivity (Wildman–Crippen MR) is 118 cm³/mol. The molecule has 0 aliphatic carbocycles. The molecule has 0 aromatic heterocycles. The Morgan fingerprint density at radius 3 is 2.68 bits per heavy atom. The van der Waals surface area contributed by atoms with Crippen LogP contribution in [0.25, 0.3) is 0 Å². The molecule has 0 atom stereocenters. The number of carbonyl (C=O) groups is 1. The lowest BCUT2D eigenvalue weighted by molar-refractivity contribution is -0.118. The van der Waals surface area contributed by atoms with Crippen LogP contribution in [0, 0.1) is 13.8 Å². The van der Waals surface area contributed by atoms with Crippen molar-refractivity contribution in [2.45, 2.75) is 13.8 Å². The normalized spacial score (nSPS) is 10.8. The standard InChI is InChI=1S/C23H21BrN2O2/c1-16-6-5-8-20(12-16)26-23(27)15-28-22-11-10-19(24)13-18(22)14-25-21-9-4-3-7-17(21)2/h3-14H,15H2,1-2H3,(H,26,27). The van der Waals surface area contributed by atoms with E-state index in [-0.39, 0.29) is 12.5 Å². The van der Waals surface area contributed by atoms with Crippen LogP contribution in [-0.4, -0.2) is 18.7 Å². The number of amides is 1. The fourth-order valence-electron chi connectivity index (χ4n) is 2.66. The van der Waals surface area contributed by atoms with Gasteiger partial charge in [0.1, 0.15) is 5.75 Å². The highest BCUT2D eigenvalue weighted by Gasteiger charge is 2.08. The summed E-state index contributed by atoms with van der Waals surface area (Å²) in [7, 11) is 0. The van der Waals surface area contributed by atoms with Crippen molar-refractivity contribution >= 4 is 39.4 Å². The Morgan fingerprint density at radius 1 is 1.07 bits per heavy atom. The number of anilines is 1. The highest BCUT2D eigenvalue weighted by Crippen LogP contribution is 2.24. The van der Waals surface area contributed by atoms with Crippen LogP contribution in [-0.2, 0) is 4.79 Å². The molecule has 0 saturated heterocycles. The maximum Gasteiger partial charge on any atom is 0.262 e. The van der Waals surface area contributed by atoms with E-state index in [1.165, 1.54) is 0 Å². The van der Waals surface area contributed by atoms with Crippen LogP contribution in [0.1, 0.15) is 16.7 Å². The summed E-state index contributed by atoms with van der Waals surface area (Å²) in [6.45, 7) is 3.91. The van der Waals surface area contributed by atoms with Crippen LogP contribution in [0.4, 0.5) is 11.4 Å². The van der Waals surface area contributed by atoms with E-state index >= 15 is 0 Å². The largest absolute Gasteiger partial charge is 0.483 e. The maximum atomic E-state index is 12.2. The van der Waals surface area contributed by atoms with E-state index in [2.05, 4.69) is 26.2 Å². The summed E-state index contributed by atoms with van der Waals surface area (Å²) in [5.74, 6) is 0.384. The van der Waals surface area contributed by atoms with E-state index in [9.17, 15) is 4.79 Å². The highest BCUT2D eigenvalue weighted by molar-refractivity contribution is 9.10. The number of benzene rings is 3. The minimum Gasteiger partial charge on any atom is -0.483 e. The monoisotopic (exact) mass is 436 g/mol. The Morgan fingerprint density at radius 2 is 1.89 bits per heavy atom. The van der Waals surface area contributed by atoms with Gasteiger partial charge in [-0.1, -0.05) is 46.3 Å². The zero-order valence-corrected chi connectivity index (χ0v) is 17.4. The van der Waals surface area contributed by atoms with Gasteiger partial charge >= 0.3 is 0 Å². The van der Waals surface area contributed by atoms with E-state index in [1.807, 2.05) is 80.6 Å². The summed E-state index contributed by atoms with van der Waals surface area (Å²) in [4.78, 5) is 16.8. The van der Waals surface area contributed by atoms with Gasteiger partial charge in [0.05, 0.1) is 5.69 Å². The van der Waals surface area contributed by atoms with Gasteiger partial charge in [-0.2, -0.15) is 0 Å². The molecule has 0 saturated carbocycles. The van der Waals surface area contributed by atoms with Crippen LogP contribution >= 0.6 is 15.9 Å². The number of aryl methyl sites for hydroxylation is 2. The van der Waals surface area contributed by atoms with Gasteiger partial charge in [-0.3, -0.25) is 9.79 Å². The number of carbonyl (C=O) groups excluding carboxylic acids is 1. The van der Waals surface area contributed by atoms with Gasteiger partial charge in [-0.15, -0.1) is 0 Å². The topological polar surface area (TPSA) is 50.7 Å². The average Bonchev–Trinajstić information content (AvgIpc) is 2.66. The minimum atomic E-state index is -0.213. The molecular formula is C23H21BrN2O2. The first kappa shape index (κ1) is 19.8. The van der Waals surface area contributed by atoms with Crippen molar-refractivity contribution < 1.29 is 9.53 Å². The molecule has 0 heterocycles. The summed E-state index contributed by atoms with van der Waals surface area (Å²) in [5.41, 5.74) is 4.62. The van der Waals surface area contributed by atoms with Crippen LogP contribution in [0.2, 0.25) is 0 Å². The zero-order chi connectivity index (χ0) is 19.9. The lowest BCUT2D eigenvalue weighted by Crippen LogP contribution is -2.20. The SMILES string of the molecule is Cc1cccc(NC(=O)COc2ccc(Br)cc2C=Nc2ccccc2C)c1. The first-order chi connectivity index (χ1) is 13.5. The van der Waals surface area contributed by atoms with E-state index in [0.29, 0.717) is 5.75 Å². The number of halogens is 1. The molecule has 0 aliphatic heterocycles. The Hall–Kier alpha value is -2.92. The molecule has 5 heteroatoms. The summed E-state index contributed by atoms with van der Waals surface area (Å²) in [6, 6.07) is 21.2. The fraction of sp³-hybridized carbons (Fsp3) is 0.130. The van der Waals surface area contributed by atoms with Gasteiger partial charge in [-0.25, -0.2) is 0 Å².